The van der Waals surface area contributed by atoms with Gasteiger partial charge in [-0.15, -0.1) is 0 Å². The predicted octanol–water partition coefficient (Wildman–Crippen LogP) is 5.46. The van der Waals surface area contributed by atoms with Crippen LogP contribution in [0.4, 0.5) is 0 Å². The van der Waals surface area contributed by atoms with Crippen LogP contribution < -0.4 is 0 Å². The van der Waals surface area contributed by atoms with E-state index in [0.29, 0.717) is 17.1 Å². The molecule has 0 bridgehead atoms. The number of nitriles is 1. The standard InChI is InChI=1S/C23H19ClN4/c1-2-5-21-20(23(24)28-22(27-21)12-13-26-28)14-16-8-10-17(11-9-16)19-7-4-3-6-18(19)15-25/h3-4,6-13H,2,5,14H2,1H3. The summed E-state index contributed by atoms with van der Waals surface area (Å²) in [4.78, 5) is 4.75. The number of hydrogen-bond donors (Lipinski definition) is 0. The maximum absolute atomic E-state index is 9.33. The molecule has 0 saturated carbocycles. The smallest absolute Gasteiger partial charge is 0.156 e. The quantitative estimate of drug-likeness (QED) is 0.427. The molecule has 0 aliphatic carbocycles. The molecule has 2 heterocycles. The molecule has 138 valence electrons. The van der Waals surface area contributed by atoms with Crippen LogP contribution in [0.15, 0.2) is 60.8 Å². The summed E-state index contributed by atoms with van der Waals surface area (Å²) >= 11 is 6.66. The molecular weight excluding hydrogens is 368 g/mol. The van der Waals surface area contributed by atoms with Crippen molar-refractivity contribution in [2.75, 3.05) is 0 Å². The molecule has 0 radical (unpaired) electrons. The molecule has 0 spiro atoms. The normalized spacial score (nSPS) is 10.9. The molecule has 4 nitrogen and oxygen atoms in total. The average Bonchev–Trinajstić information content (AvgIpc) is 3.20. The molecular formula is C23H19ClN4. The van der Waals surface area contributed by atoms with Crippen molar-refractivity contribution in [3.8, 4) is 17.2 Å². The Bertz CT molecular complexity index is 1170. The Balaban J connectivity index is 1.69. The molecule has 2 aromatic heterocycles. The molecule has 0 unspecified atom stereocenters. The Morgan fingerprint density at radius 2 is 1.86 bits per heavy atom. The Morgan fingerprint density at radius 1 is 1.07 bits per heavy atom. The van der Waals surface area contributed by atoms with E-state index in [1.54, 1.807) is 10.7 Å². The molecule has 0 aliphatic rings. The van der Waals surface area contributed by atoms with Crippen LogP contribution in [0.5, 0.6) is 0 Å². The first-order valence-electron chi connectivity index (χ1n) is 9.30. The van der Waals surface area contributed by atoms with Crippen molar-refractivity contribution in [2.24, 2.45) is 0 Å². The Morgan fingerprint density at radius 3 is 2.61 bits per heavy atom. The maximum atomic E-state index is 9.33. The van der Waals surface area contributed by atoms with Crippen LogP contribution in [0.25, 0.3) is 16.8 Å². The fraction of sp³-hybridized carbons (Fsp3) is 0.174. The van der Waals surface area contributed by atoms with Crippen molar-refractivity contribution in [2.45, 2.75) is 26.2 Å². The molecule has 0 amide bonds. The van der Waals surface area contributed by atoms with Gasteiger partial charge in [0, 0.05) is 23.7 Å². The van der Waals surface area contributed by atoms with Gasteiger partial charge in [0.15, 0.2) is 5.65 Å². The fourth-order valence-corrected chi connectivity index (χ4v) is 3.75. The SMILES string of the molecule is CCCc1nc2ccnn2c(Cl)c1Cc1ccc(-c2ccccc2C#N)cc1. The van der Waals surface area contributed by atoms with Gasteiger partial charge in [-0.1, -0.05) is 67.4 Å². The first kappa shape index (κ1) is 18.2. The highest BCUT2D eigenvalue weighted by Crippen LogP contribution is 2.27. The van der Waals surface area contributed by atoms with Gasteiger partial charge in [0.05, 0.1) is 17.8 Å². The Labute approximate surface area is 169 Å². The lowest BCUT2D eigenvalue weighted by Gasteiger charge is -2.12. The van der Waals surface area contributed by atoms with E-state index < -0.39 is 0 Å². The highest BCUT2D eigenvalue weighted by Gasteiger charge is 2.15. The summed E-state index contributed by atoms with van der Waals surface area (Å²) in [6, 6.07) is 20.0. The van der Waals surface area contributed by atoms with E-state index in [9.17, 15) is 5.26 Å². The fourth-order valence-electron chi connectivity index (χ4n) is 3.44. The summed E-state index contributed by atoms with van der Waals surface area (Å²) in [5, 5.41) is 14.2. The second-order valence-electron chi connectivity index (χ2n) is 6.71. The minimum atomic E-state index is 0.623. The molecule has 0 atom stereocenters. The number of fused-ring (bicyclic) bond motifs is 1. The van der Waals surface area contributed by atoms with Crippen molar-refractivity contribution >= 4 is 17.2 Å². The van der Waals surface area contributed by atoms with Gasteiger partial charge in [0.2, 0.25) is 0 Å². The first-order valence-corrected chi connectivity index (χ1v) is 9.68. The molecule has 5 heteroatoms. The summed E-state index contributed by atoms with van der Waals surface area (Å²) < 4.78 is 1.69. The van der Waals surface area contributed by atoms with Gasteiger partial charge in [-0.2, -0.15) is 10.4 Å². The van der Waals surface area contributed by atoms with E-state index in [0.717, 1.165) is 46.4 Å². The number of rotatable bonds is 5. The third-order valence-electron chi connectivity index (χ3n) is 4.84. The first-order chi connectivity index (χ1) is 13.7. The molecule has 0 aliphatic heterocycles. The van der Waals surface area contributed by atoms with Gasteiger partial charge in [0.1, 0.15) is 5.15 Å². The highest BCUT2D eigenvalue weighted by molar-refractivity contribution is 6.30. The molecule has 0 N–H and O–H groups in total. The maximum Gasteiger partial charge on any atom is 0.156 e. The zero-order valence-corrected chi connectivity index (χ0v) is 16.3. The molecule has 0 fully saturated rings. The summed E-state index contributed by atoms with van der Waals surface area (Å²) in [6.07, 6.45) is 4.29. The number of aromatic nitrogens is 3. The monoisotopic (exact) mass is 386 g/mol. The van der Waals surface area contributed by atoms with Gasteiger partial charge < -0.3 is 0 Å². The van der Waals surface area contributed by atoms with Crippen molar-refractivity contribution in [3.05, 3.63) is 88.3 Å². The third-order valence-corrected chi connectivity index (χ3v) is 5.22. The Kier molecular flexibility index (Phi) is 5.10. The molecule has 2 aromatic carbocycles. The van der Waals surface area contributed by atoms with E-state index >= 15 is 0 Å². The van der Waals surface area contributed by atoms with E-state index in [1.165, 1.54) is 0 Å². The van der Waals surface area contributed by atoms with Crippen LogP contribution in [0, 0.1) is 11.3 Å². The zero-order valence-electron chi connectivity index (χ0n) is 15.6. The minimum absolute atomic E-state index is 0.623. The Hall–Kier alpha value is -3.16. The number of aryl methyl sites for hydroxylation is 1. The third kappa shape index (κ3) is 3.37. The molecule has 0 saturated heterocycles. The van der Waals surface area contributed by atoms with Gasteiger partial charge in [0.25, 0.3) is 0 Å². The number of halogens is 1. The lowest BCUT2D eigenvalue weighted by atomic mass is 9.97. The van der Waals surface area contributed by atoms with E-state index in [1.807, 2.05) is 30.3 Å². The second-order valence-corrected chi connectivity index (χ2v) is 7.07. The summed E-state index contributed by atoms with van der Waals surface area (Å²) in [5.74, 6) is 0. The topological polar surface area (TPSA) is 54.0 Å². The number of benzene rings is 2. The van der Waals surface area contributed by atoms with E-state index in [4.69, 9.17) is 16.6 Å². The lowest BCUT2D eigenvalue weighted by molar-refractivity contribution is 0.832. The van der Waals surface area contributed by atoms with Gasteiger partial charge in [-0.05, 0) is 29.2 Å². The van der Waals surface area contributed by atoms with E-state index in [2.05, 4.69) is 42.4 Å². The predicted molar refractivity (Wildman–Crippen MR) is 111 cm³/mol. The van der Waals surface area contributed by atoms with Gasteiger partial charge in [-0.3, -0.25) is 0 Å². The van der Waals surface area contributed by atoms with E-state index in [-0.39, 0.29) is 0 Å². The largest absolute Gasteiger partial charge is 0.233 e. The highest BCUT2D eigenvalue weighted by atomic mass is 35.5. The number of nitrogens with zero attached hydrogens (tertiary/aromatic N) is 4. The average molecular weight is 387 g/mol. The number of hydrogen-bond acceptors (Lipinski definition) is 3. The summed E-state index contributed by atoms with van der Waals surface area (Å²) in [5.41, 5.74) is 6.62. The van der Waals surface area contributed by atoms with Crippen LogP contribution >= 0.6 is 11.6 Å². The van der Waals surface area contributed by atoms with Crippen molar-refractivity contribution in [1.82, 2.24) is 14.6 Å². The van der Waals surface area contributed by atoms with Crippen LogP contribution in [0.3, 0.4) is 0 Å². The lowest BCUT2D eigenvalue weighted by Crippen LogP contribution is -2.06. The van der Waals surface area contributed by atoms with Crippen molar-refractivity contribution in [3.63, 3.8) is 0 Å². The van der Waals surface area contributed by atoms with Crippen LogP contribution in [-0.4, -0.2) is 14.6 Å². The molecule has 28 heavy (non-hydrogen) atoms. The molecule has 4 aromatic rings. The van der Waals surface area contributed by atoms with Crippen LogP contribution in [0.1, 0.15) is 35.7 Å². The summed E-state index contributed by atoms with van der Waals surface area (Å²) in [7, 11) is 0. The molecule has 4 rings (SSSR count). The van der Waals surface area contributed by atoms with Crippen molar-refractivity contribution < 1.29 is 0 Å². The van der Waals surface area contributed by atoms with Gasteiger partial charge in [-0.25, -0.2) is 9.50 Å². The van der Waals surface area contributed by atoms with Crippen molar-refractivity contribution in [1.29, 1.82) is 5.26 Å². The summed E-state index contributed by atoms with van der Waals surface area (Å²) in [6.45, 7) is 2.14. The van der Waals surface area contributed by atoms with Gasteiger partial charge >= 0.3 is 0 Å². The minimum Gasteiger partial charge on any atom is -0.233 e. The van der Waals surface area contributed by atoms with Crippen LogP contribution in [-0.2, 0) is 12.8 Å². The zero-order chi connectivity index (χ0) is 19.5. The second kappa shape index (κ2) is 7.84. The van der Waals surface area contributed by atoms with Crippen LogP contribution in [0.2, 0.25) is 5.15 Å².